The monoisotopic (exact) mass is 309 g/mol. The number of thiocarbonyl (C=S) groups is 1. The molecule has 4 nitrogen and oxygen atoms in total. The minimum absolute atomic E-state index is 0.0544. The fraction of sp³-hybridized carbons (Fsp3) is 0.875. The summed E-state index contributed by atoms with van der Waals surface area (Å²) in [5, 5.41) is 6.26. The first-order valence-corrected chi connectivity index (χ1v) is 8.55. The molecule has 0 spiro atoms. The summed E-state index contributed by atoms with van der Waals surface area (Å²) >= 11 is 5.04. The first-order valence-electron chi connectivity index (χ1n) is 8.14. The van der Waals surface area contributed by atoms with Gasteiger partial charge in [-0.05, 0) is 56.3 Å². The van der Waals surface area contributed by atoms with Crippen molar-refractivity contribution in [3.05, 3.63) is 0 Å². The smallest absolute Gasteiger partial charge is 0.315 e. The first kappa shape index (κ1) is 15.1. The molecule has 0 aromatic carbocycles. The topological polar surface area (TPSA) is 67.2 Å². The number of urea groups is 1. The van der Waals surface area contributed by atoms with Crippen molar-refractivity contribution in [3.63, 3.8) is 0 Å². The average molecular weight is 309 g/mol. The number of nitrogens with one attached hydrogen (secondary N) is 2. The van der Waals surface area contributed by atoms with Gasteiger partial charge >= 0.3 is 6.03 Å². The number of carbonyl (C=O) groups excluding carboxylic acids is 1. The van der Waals surface area contributed by atoms with Crippen molar-refractivity contribution in [2.45, 2.75) is 57.9 Å². The van der Waals surface area contributed by atoms with Gasteiger partial charge in [0.1, 0.15) is 0 Å². The maximum Gasteiger partial charge on any atom is 0.315 e. The number of carbonyl (C=O) groups is 1. The second-order valence-corrected chi connectivity index (χ2v) is 8.69. The highest BCUT2D eigenvalue weighted by molar-refractivity contribution is 7.80. The lowest BCUT2D eigenvalue weighted by atomic mass is 9.53. The fourth-order valence-corrected chi connectivity index (χ4v) is 5.01. The van der Waals surface area contributed by atoms with E-state index in [0.29, 0.717) is 11.5 Å². The molecule has 4 bridgehead atoms. The van der Waals surface area contributed by atoms with Crippen molar-refractivity contribution in [3.8, 4) is 0 Å². The Balaban J connectivity index is 1.57. The molecule has 0 unspecified atom stereocenters. The number of nitrogens with two attached hydrogens (primary N) is 1. The Bertz CT molecular complexity index is 425. The molecule has 4 N–H and O–H groups in total. The Hall–Kier alpha value is -0.840. The van der Waals surface area contributed by atoms with Gasteiger partial charge in [-0.25, -0.2) is 4.79 Å². The minimum atomic E-state index is -0.339. The zero-order valence-corrected chi connectivity index (χ0v) is 13.9. The van der Waals surface area contributed by atoms with E-state index >= 15 is 0 Å². The van der Waals surface area contributed by atoms with Crippen LogP contribution in [-0.4, -0.2) is 23.1 Å². The minimum Gasteiger partial charge on any atom is -0.393 e. The third-order valence-corrected chi connectivity index (χ3v) is 6.33. The first-order chi connectivity index (χ1) is 9.78. The van der Waals surface area contributed by atoms with Gasteiger partial charge in [-0.2, -0.15) is 0 Å². The maximum atomic E-state index is 12.3. The zero-order chi connectivity index (χ0) is 15.3. The molecular formula is C16H27N3OS. The van der Waals surface area contributed by atoms with Crippen LogP contribution in [0.5, 0.6) is 0 Å². The Labute approximate surface area is 132 Å². The van der Waals surface area contributed by atoms with E-state index in [1.165, 1.54) is 38.5 Å². The van der Waals surface area contributed by atoms with Crippen LogP contribution < -0.4 is 16.4 Å². The molecule has 0 aromatic rings. The fourth-order valence-electron chi connectivity index (χ4n) is 4.94. The number of hydrogen-bond acceptors (Lipinski definition) is 2. The highest BCUT2D eigenvalue weighted by atomic mass is 32.1. The van der Waals surface area contributed by atoms with Crippen LogP contribution in [0.3, 0.4) is 0 Å². The van der Waals surface area contributed by atoms with Crippen molar-refractivity contribution in [2.75, 3.05) is 6.54 Å². The molecule has 4 aliphatic rings. The molecule has 4 rings (SSSR count). The van der Waals surface area contributed by atoms with Gasteiger partial charge < -0.3 is 16.4 Å². The number of amides is 2. The standard InChI is InChI=1S/C16H27N3OS/c1-15(2,13(17)21)9-18-14(20)19-16-6-10-3-11(7-16)5-12(4-10)8-16/h10-12H,3-9H2,1-2H3,(H2,17,21)(H2,18,19,20). The Morgan fingerprint density at radius 1 is 1.19 bits per heavy atom. The van der Waals surface area contributed by atoms with E-state index in [1.54, 1.807) is 0 Å². The highest BCUT2D eigenvalue weighted by Crippen LogP contribution is 2.55. The molecule has 21 heavy (non-hydrogen) atoms. The van der Waals surface area contributed by atoms with Crippen LogP contribution in [0, 0.1) is 23.2 Å². The van der Waals surface area contributed by atoms with Crippen molar-refractivity contribution in [1.29, 1.82) is 0 Å². The quantitative estimate of drug-likeness (QED) is 0.699. The summed E-state index contributed by atoms with van der Waals surface area (Å²) in [7, 11) is 0. The van der Waals surface area contributed by atoms with Gasteiger partial charge in [0.2, 0.25) is 0 Å². The zero-order valence-electron chi connectivity index (χ0n) is 13.1. The van der Waals surface area contributed by atoms with Crippen LogP contribution in [0.2, 0.25) is 0 Å². The molecule has 0 heterocycles. The molecule has 4 saturated carbocycles. The van der Waals surface area contributed by atoms with E-state index in [2.05, 4.69) is 10.6 Å². The van der Waals surface area contributed by atoms with Gasteiger partial charge in [-0.15, -0.1) is 0 Å². The van der Waals surface area contributed by atoms with E-state index in [4.69, 9.17) is 18.0 Å². The molecule has 4 fully saturated rings. The van der Waals surface area contributed by atoms with Crippen LogP contribution in [0.25, 0.3) is 0 Å². The summed E-state index contributed by atoms with van der Waals surface area (Å²) in [5.74, 6) is 2.51. The van der Waals surface area contributed by atoms with E-state index in [1.807, 2.05) is 13.8 Å². The van der Waals surface area contributed by atoms with Gasteiger partial charge in [-0.1, -0.05) is 26.1 Å². The van der Waals surface area contributed by atoms with Crippen LogP contribution >= 0.6 is 12.2 Å². The van der Waals surface area contributed by atoms with Crippen LogP contribution in [0.15, 0.2) is 0 Å². The lowest BCUT2D eigenvalue weighted by molar-refractivity contribution is -0.0135. The van der Waals surface area contributed by atoms with Gasteiger partial charge in [0.05, 0.1) is 4.99 Å². The predicted molar refractivity (Wildman–Crippen MR) is 88.0 cm³/mol. The van der Waals surface area contributed by atoms with E-state index in [0.717, 1.165) is 17.8 Å². The third-order valence-electron chi connectivity index (χ3n) is 5.77. The summed E-state index contributed by atoms with van der Waals surface area (Å²) in [4.78, 5) is 12.7. The Kier molecular flexibility index (Phi) is 3.67. The number of rotatable bonds is 4. The van der Waals surface area contributed by atoms with Crippen molar-refractivity contribution in [2.24, 2.45) is 28.9 Å². The summed E-state index contributed by atoms with van der Waals surface area (Å²) in [6, 6.07) is -0.0544. The van der Waals surface area contributed by atoms with Crippen LogP contribution in [-0.2, 0) is 0 Å². The van der Waals surface area contributed by atoms with E-state index in [-0.39, 0.29) is 17.0 Å². The molecule has 0 saturated heterocycles. The SMILES string of the molecule is CC(C)(CNC(=O)NC12CC3CC(CC(C3)C1)C2)C(N)=S. The predicted octanol–water partition coefficient (Wildman–Crippen LogP) is 2.57. The Morgan fingerprint density at radius 3 is 2.10 bits per heavy atom. The van der Waals surface area contributed by atoms with Crippen LogP contribution in [0.1, 0.15) is 52.4 Å². The lowest BCUT2D eigenvalue weighted by Gasteiger charge is -2.56. The van der Waals surface area contributed by atoms with Gasteiger partial charge in [0.25, 0.3) is 0 Å². The molecule has 2 amide bonds. The Morgan fingerprint density at radius 2 is 1.67 bits per heavy atom. The van der Waals surface area contributed by atoms with Crippen LogP contribution in [0.4, 0.5) is 4.79 Å². The third kappa shape index (κ3) is 3.03. The summed E-state index contributed by atoms with van der Waals surface area (Å²) in [6.07, 6.45) is 7.67. The molecule has 5 heteroatoms. The molecule has 118 valence electrons. The van der Waals surface area contributed by atoms with E-state index < -0.39 is 0 Å². The molecular weight excluding hydrogens is 282 g/mol. The molecule has 0 atom stereocenters. The van der Waals surface area contributed by atoms with E-state index in [9.17, 15) is 4.79 Å². The lowest BCUT2D eigenvalue weighted by Crippen LogP contribution is -2.62. The number of hydrogen-bond donors (Lipinski definition) is 3. The van der Waals surface area contributed by atoms with Crippen molar-refractivity contribution >= 4 is 23.2 Å². The second kappa shape index (κ2) is 5.11. The normalized spacial score (nSPS) is 37.3. The summed E-state index contributed by atoms with van der Waals surface area (Å²) < 4.78 is 0. The van der Waals surface area contributed by atoms with Crippen molar-refractivity contribution < 1.29 is 4.79 Å². The second-order valence-electron chi connectivity index (χ2n) is 8.25. The van der Waals surface area contributed by atoms with Crippen molar-refractivity contribution in [1.82, 2.24) is 10.6 Å². The molecule has 0 aromatic heterocycles. The molecule has 0 aliphatic heterocycles. The highest BCUT2D eigenvalue weighted by Gasteiger charge is 2.51. The maximum absolute atomic E-state index is 12.3. The summed E-state index contributed by atoms with van der Waals surface area (Å²) in [5.41, 5.74) is 5.43. The van der Waals surface area contributed by atoms with Gasteiger partial charge in [-0.3, -0.25) is 0 Å². The van der Waals surface area contributed by atoms with Gasteiger partial charge in [0.15, 0.2) is 0 Å². The molecule has 4 aliphatic carbocycles. The van der Waals surface area contributed by atoms with Gasteiger partial charge in [0, 0.05) is 17.5 Å². The average Bonchev–Trinajstić information content (AvgIpc) is 2.34. The molecule has 0 radical (unpaired) electrons. The summed E-state index contributed by atoms with van der Waals surface area (Å²) in [6.45, 7) is 4.40. The largest absolute Gasteiger partial charge is 0.393 e.